The maximum atomic E-state index is 12.4. The standard InChI is InChI=1S/C46H89NO3/c1-3-5-7-9-11-13-15-17-18-19-20-21-22-23-24-25-26-27-28-30-32-34-36-38-40-42-46(50)47-44(43-48)45(49)41-39-37-35-33-31-29-16-14-12-10-8-6-4-2/h15,17,19-20,44-45,48-49H,3-14,16,18,21-43H2,1-2H3,(H,47,50)/b17-15-,20-19-. The van der Waals surface area contributed by atoms with Crippen molar-refractivity contribution in [2.75, 3.05) is 6.61 Å². The van der Waals surface area contributed by atoms with Crippen molar-refractivity contribution in [2.45, 2.75) is 257 Å². The Labute approximate surface area is 313 Å². The third-order valence-electron chi connectivity index (χ3n) is 10.5. The number of aliphatic hydroxyl groups is 2. The minimum Gasteiger partial charge on any atom is -0.394 e. The molecule has 0 spiro atoms. The third kappa shape index (κ3) is 38.1. The fourth-order valence-electron chi connectivity index (χ4n) is 6.98. The monoisotopic (exact) mass is 704 g/mol. The van der Waals surface area contributed by atoms with E-state index in [4.69, 9.17) is 0 Å². The van der Waals surface area contributed by atoms with Crippen LogP contribution >= 0.6 is 0 Å². The van der Waals surface area contributed by atoms with Gasteiger partial charge in [-0.25, -0.2) is 0 Å². The van der Waals surface area contributed by atoms with Crippen LogP contribution in [0.4, 0.5) is 0 Å². The summed E-state index contributed by atoms with van der Waals surface area (Å²) in [6, 6.07) is -0.533. The number of hydrogen-bond acceptors (Lipinski definition) is 3. The number of unbranched alkanes of at least 4 members (excludes halogenated alkanes) is 30. The summed E-state index contributed by atoms with van der Waals surface area (Å²) in [5.74, 6) is -0.0311. The second kappa shape index (κ2) is 42.3. The summed E-state index contributed by atoms with van der Waals surface area (Å²) < 4.78 is 0. The number of allylic oxidation sites excluding steroid dienone is 4. The molecule has 0 saturated carbocycles. The first-order valence-corrected chi connectivity index (χ1v) is 22.5. The Balaban J connectivity index is 3.47. The van der Waals surface area contributed by atoms with Crippen LogP contribution in [0.25, 0.3) is 0 Å². The van der Waals surface area contributed by atoms with Gasteiger partial charge >= 0.3 is 0 Å². The number of aliphatic hydroxyl groups excluding tert-OH is 2. The lowest BCUT2D eigenvalue weighted by Crippen LogP contribution is -2.45. The fraction of sp³-hybridized carbons (Fsp3) is 0.891. The quantitative estimate of drug-likeness (QED) is 0.0438. The Hall–Kier alpha value is -1.13. The van der Waals surface area contributed by atoms with Gasteiger partial charge in [-0.3, -0.25) is 4.79 Å². The number of hydrogen-bond donors (Lipinski definition) is 3. The maximum Gasteiger partial charge on any atom is 0.220 e. The highest BCUT2D eigenvalue weighted by atomic mass is 16.3. The Morgan fingerprint density at radius 3 is 1.20 bits per heavy atom. The summed E-state index contributed by atoms with van der Waals surface area (Å²) in [5.41, 5.74) is 0. The van der Waals surface area contributed by atoms with E-state index in [9.17, 15) is 15.0 Å². The Morgan fingerprint density at radius 2 is 0.820 bits per heavy atom. The van der Waals surface area contributed by atoms with Crippen molar-refractivity contribution >= 4 is 5.91 Å². The minimum absolute atomic E-state index is 0.0311. The molecule has 0 rings (SSSR count). The van der Waals surface area contributed by atoms with Crippen LogP contribution < -0.4 is 5.32 Å². The van der Waals surface area contributed by atoms with E-state index >= 15 is 0 Å². The maximum absolute atomic E-state index is 12.4. The fourth-order valence-corrected chi connectivity index (χ4v) is 6.98. The van der Waals surface area contributed by atoms with E-state index in [1.165, 1.54) is 186 Å². The van der Waals surface area contributed by atoms with Gasteiger partial charge in [0.25, 0.3) is 0 Å². The van der Waals surface area contributed by atoms with E-state index in [1.54, 1.807) is 0 Å². The van der Waals surface area contributed by atoms with E-state index in [0.29, 0.717) is 12.8 Å². The van der Waals surface area contributed by atoms with Crippen LogP contribution in [0, 0.1) is 0 Å². The number of carbonyl (C=O) groups excluding carboxylic acids is 1. The van der Waals surface area contributed by atoms with Gasteiger partial charge in [-0.2, -0.15) is 0 Å². The van der Waals surface area contributed by atoms with Gasteiger partial charge in [-0.15, -0.1) is 0 Å². The van der Waals surface area contributed by atoms with Crippen molar-refractivity contribution in [3.8, 4) is 0 Å². The molecule has 2 atom stereocenters. The van der Waals surface area contributed by atoms with Crippen LogP contribution in [-0.4, -0.2) is 34.9 Å². The molecule has 0 aliphatic rings. The van der Waals surface area contributed by atoms with Gasteiger partial charge < -0.3 is 15.5 Å². The molecule has 50 heavy (non-hydrogen) atoms. The molecule has 2 unspecified atom stereocenters. The summed E-state index contributed by atoms with van der Waals surface area (Å²) in [5, 5.41) is 23.1. The van der Waals surface area contributed by atoms with Gasteiger partial charge in [0.1, 0.15) is 0 Å². The largest absolute Gasteiger partial charge is 0.394 e. The van der Waals surface area contributed by atoms with E-state index in [2.05, 4.69) is 43.5 Å². The average Bonchev–Trinajstić information content (AvgIpc) is 3.12. The first kappa shape index (κ1) is 48.9. The van der Waals surface area contributed by atoms with Gasteiger partial charge in [0.15, 0.2) is 0 Å². The van der Waals surface area contributed by atoms with Crippen LogP contribution in [0.1, 0.15) is 245 Å². The summed E-state index contributed by atoms with van der Waals surface area (Å²) in [4.78, 5) is 12.4. The molecule has 1 amide bonds. The molecule has 0 bridgehead atoms. The zero-order valence-electron chi connectivity index (χ0n) is 33.9. The SMILES string of the molecule is CCCCCCC/C=C\C/C=C\CCCCCCCCCCCCCCCC(=O)NC(CO)C(O)CCCCCCCCCCCCCCC. The number of rotatable bonds is 41. The Kier molecular flexibility index (Phi) is 41.3. The smallest absolute Gasteiger partial charge is 0.220 e. The predicted molar refractivity (Wildman–Crippen MR) is 221 cm³/mol. The molecule has 296 valence electrons. The van der Waals surface area contributed by atoms with Crippen LogP contribution in [-0.2, 0) is 4.79 Å². The summed E-state index contributed by atoms with van der Waals surface area (Å²) in [6.07, 6.45) is 54.0. The lowest BCUT2D eigenvalue weighted by Gasteiger charge is -2.22. The molecule has 0 aromatic heterocycles. The van der Waals surface area contributed by atoms with Crippen LogP contribution in [0.5, 0.6) is 0 Å². The van der Waals surface area contributed by atoms with Crippen molar-refractivity contribution in [1.82, 2.24) is 5.32 Å². The number of amides is 1. The molecule has 0 fully saturated rings. The molecule has 0 aromatic carbocycles. The van der Waals surface area contributed by atoms with Crippen molar-refractivity contribution in [3.63, 3.8) is 0 Å². The minimum atomic E-state index is -0.656. The van der Waals surface area contributed by atoms with Crippen molar-refractivity contribution in [2.24, 2.45) is 0 Å². The second-order valence-corrected chi connectivity index (χ2v) is 15.5. The van der Waals surface area contributed by atoms with Gasteiger partial charge in [0.2, 0.25) is 5.91 Å². The number of carbonyl (C=O) groups is 1. The Morgan fingerprint density at radius 1 is 0.480 bits per heavy atom. The zero-order chi connectivity index (χ0) is 36.4. The summed E-state index contributed by atoms with van der Waals surface area (Å²) >= 11 is 0. The molecule has 0 saturated heterocycles. The normalized spacial score (nSPS) is 13.1. The predicted octanol–water partition coefficient (Wildman–Crippen LogP) is 14.0. The van der Waals surface area contributed by atoms with Crippen LogP contribution in [0.15, 0.2) is 24.3 Å². The molecule has 0 aromatic rings. The summed E-state index contributed by atoms with van der Waals surface area (Å²) in [7, 11) is 0. The highest BCUT2D eigenvalue weighted by molar-refractivity contribution is 5.76. The van der Waals surface area contributed by atoms with Gasteiger partial charge in [0, 0.05) is 6.42 Å². The molecule has 4 nitrogen and oxygen atoms in total. The van der Waals surface area contributed by atoms with Gasteiger partial charge in [-0.1, -0.05) is 218 Å². The topological polar surface area (TPSA) is 69.6 Å². The summed E-state index contributed by atoms with van der Waals surface area (Å²) in [6.45, 7) is 4.35. The van der Waals surface area contributed by atoms with Crippen molar-refractivity contribution in [1.29, 1.82) is 0 Å². The molecular weight excluding hydrogens is 615 g/mol. The molecule has 0 aliphatic heterocycles. The molecule has 4 heteroatoms. The van der Waals surface area contributed by atoms with Gasteiger partial charge in [0.05, 0.1) is 18.8 Å². The molecule has 0 radical (unpaired) electrons. The van der Waals surface area contributed by atoms with Crippen LogP contribution in [0.3, 0.4) is 0 Å². The average molecular weight is 704 g/mol. The van der Waals surface area contributed by atoms with Crippen molar-refractivity contribution in [3.05, 3.63) is 24.3 Å². The second-order valence-electron chi connectivity index (χ2n) is 15.5. The lowest BCUT2D eigenvalue weighted by molar-refractivity contribution is -0.123. The molecular formula is C46H89NO3. The van der Waals surface area contributed by atoms with Gasteiger partial charge in [-0.05, 0) is 44.9 Å². The highest BCUT2D eigenvalue weighted by Crippen LogP contribution is 2.16. The first-order chi connectivity index (χ1) is 24.7. The lowest BCUT2D eigenvalue weighted by atomic mass is 10.0. The third-order valence-corrected chi connectivity index (χ3v) is 10.5. The molecule has 3 N–H and O–H groups in total. The Bertz CT molecular complexity index is 720. The van der Waals surface area contributed by atoms with E-state index in [0.717, 1.165) is 32.1 Å². The van der Waals surface area contributed by atoms with E-state index in [1.807, 2.05) is 0 Å². The van der Waals surface area contributed by atoms with E-state index < -0.39 is 12.1 Å². The first-order valence-electron chi connectivity index (χ1n) is 22.5. The number of nitrogens with one attached hydrogen (secondary N) is 1. The van der Waals surface area contributed by atoms with E-state index in [-0.39, 0.29) is 12.5 Å². The van der Waals surface area contributed by atoms with Crippen molar-refractivity contribution < 1.29 is 15.0 Å². The molecule has 0 aliphatic carbocycles. The highest BCUT2D eigenvalue weighted by Gasteiger charge is 2.20. The zero-order valence-corrected chi connectivity index (χ0v) is 33.9. The van der Waals surface area contributed by atoms with Crippen LogP contribution in [0.2, 0.25) is 0 Å². The molecule has 0 heterocycles.